The van der Waals surface area contributed by atoms with Crippen LogP contribution in [0.3, 0.4) is 0 Å². The average Bonchev–Trinajstić information content (AvgIpc) is 2.46. The van der Waals surface area contributed by atoms with E-state index in [9.17, 15) is 4.79 Å². The molecule has 0 aliphatic rings. The molecule has 1 heterocycles. The molecule has 22 heavy (non-hydrogen) atoms. The summed E-state index contributed by atoms with van der Waals surface area (Å²) in [5.74, 6) is -0.0463. The zero-order valence-corrected chi connectivity index (χ0v) is 14.4. The number of thioether (sulfide) groups is 1. The third-order valence-corrected chi connectivity index (χ3v) is 4.08. The monoisotopic (exact) mass is 335 g/mol. The second kappa shape index (κ2) is 7.61. The van der Waals surface area contributed by atoms with E-state index in [-0.39, 0.29) is 5.91 Å². The van der Waals surface area contributed by atoms with Crippen molar-refractivity contribution in [3.8, 4) is 0 Å². The van der Waals surface area contributed by atoms with Crippen LogP contribution in [-0.2, 0) is 11.2 Å². The summed E-state index contributed by atoms with van der Waals surface area (Å²) in [6, 6.07) is 7.12. The number of halogens is 1. The highest BCUT2D eigenvalue weighted by Crippen LogP contribution is 2.18. The predicted molar refractivity (Wildman–Crippen MR) is 91.7 cm³/mol. The van der Waals surface area contributed by atoms with Crippen LogP contribution in [0.15, 0.2) is 29.4 Å². The second-order valence-corrected chi connectivity index (χ2v) is 6.13. The van der Waals surface area contributed by atoms with E-state index in [1.54, 1.807) is 18.2 Å². The third-order valence-electron chi connectivity index (χ3n) is 3.29. The Bertz CT molecular complexity index is 668. The maximum atomic E-state index is 12.0. The Morgan fingerprint density at radius 3 is 2.55 bits per heavy atom. The van der Waals surface area contributed by atoms with Gasteiger partial charge in [0.1, 0.15) is 0 Å². The van der Waals surface area contributed by atoms with Crippen molar-refractivity contribution >= 4 is 35.0 Å². The average molecular weight is 336 g/mol. The lowest BCUT2D eigenvalue weighted by molar-refractivity contribution is -0.116. The normalized spacial score (nSPS) is 10.5. The Labute approximate surface area is 139 Å². The number of aromatic nitrogens is 2. The van der Waals surface area contributed by atoms with Gasteiger partial charge in [-0.25, -0.2) is 9.97 Å². The summed E-state index contributed by atoms with van der Waals surface area (Å²) < 4.78 is 0. The van der Waals surface area contributed by atoms with Crippen LogP contribution in [0, 0.1) is 13.8 Å². The SMILES string of the molecule is CSc1nc(C)c(CCC(=O)Nc2cccc(Cl)c2)c(C)n1. The standard InChI is InChI=1S/C16H18ClN3OS/c1-10-14(11(2)19-16(18-10)22-3)7-8-15(21)20-13-6-4-5-12(17)9-13/h4-6,9H,7-8H2,1-3H3,(H,20,21). The van der Waals surface area contributed by atoms with Gasteiger partial charge in [-0.15, -0.1) is 0 Å². The molecule has 4 nitrogen and oxygen atoms in total. The maximum absolute atomic E-state index is 12.0. The van der Waals surface area contributed by atoms with Crippen molar-refractivity contribution < 1.29 is 4.79 Å². The lowest BCUT2D eigenvalue weighted by Gasteiger charge is -2.10. The van der Waals surface area contributed by atoms with Crippen molar-refractivity contribution in [2.24, 2.45) is 0 Å². The summed E-state index contributed by atoms with van der Waals surface area (Å²) in [6.45, 7) is 3.91. The van der Waals surface area contributed by atoms with E-state index in [1.807, 2.05) is 26.2 Å². The highest BCUT2D eigenvalue weighted by Gasteiger charge is 2.10. The first kappa shape index (κ1) is 16.8. The molecule has 0 aliphatic carbocycles. The number of hydrogen-bond donors (Lipinski definition) is 1. The van der Waals surface area contributed by atoms with Gasteiger partial charge in [-0.05, 0) is 50.3 Å². The molecule has 2 aromatic rings. The van der Waals surface area contributed by atoms with Crippen LogP contribution >= 0.6 is 23.4 Å². The van der Waals surface area contributed by atoms with Gasteiger partial charge < -0.3 is 5.32 Å². The second-order valence-electron chi connectivity index (χ2n) is 4.92. The van der Waals surface area contributed by atoms with Crippen molar-refractivity contribution in [2.45, 2.75) is 31.8 Å². The van der Waals surface area contributed by atoms with Crippen LogP contribution in [0.5, 0.6) is 0 Å². The van der Waals surface area contributed by atoms with Gasteiger partial charge in [0.05, 0.1) is 0 Å². The van der Waals surface area contributed by atoms with Crippen molar-refractivity contribution in [2.75, 3.05) is 11.6 Å². The Kier molecular flexibility index (Phi) is 5.80. The molecule has 116 valence electrons. The van der Waals surface area contributed by atoms with Crippen LogP contribution < -0.4 is 5.32 Å². The number of amides is 1. The number of nitrogens with zero attached hydrogens (tertiary/aromatic N) is 2. The van der Waals surface area contributed by atoms with E-state index < -0.39 is 0 Å². The molecule has 2 rings (SSSR count). The van der Waals surface area contributed by atoms with Crippen LogP contribution in [0.4, 0.5) is 5.69 Å². The zero-order valence-electron chi connectivity index (χ0n) is 12.8. The summed E-state index contributed by atoms with van der Waals surface area (Å²) in [5, 5.41) is 4.21. The van der Waals surface area contributed by atoms with E-state index in [0.29, 0.717) is 23.6 Å². The third kappa shape index (κ3) is 4.45. The first-order chi connectivity index (χ1) is 10.5. The van der Waals surface area contributed by atoms with Crippen LogP contribution in [0.1, 0.15) is 23.4 Å². The van der Waals surface area contributed by atoms with Gasteiger partial charge in [0.25, 0.3) is 0 Å². The molecule has 1 aromatic heterocycles. The molecule has 0 unspecified atom stereocenters. The minimum atomic E-state index is -0.0463. The lowest BCUT2D eigenvalue weighted by atomic mass is 10.1. The van der Waals surface area contributed by atoms with Crippen LogP contribution in [0.25, 0.3) is 0 Å². The Morgan fingerprint density at radius 2 is 1.95 bits per heavy atom. The molecule has 1 N–H and O–H groups in total. The summed E-state index contributed by atoms with van der Waals surface area (Å²) >= 11 is 7.42. The summed E-state index contributed by atoms with van der Waals surface area (Å²) in [6.07, 6.45) is 2.96. The Balaban J connectivity index is 1.99. The molecule has 0 aliphatic heterocycles. The minimum absolute atomic E-state index is 0.0463. The number of rotatable bonds is 5. The molecule has 0 saturated heterocycles. The zero-order chi connectivity index (χ0) is 16.1. The Hall–Kier alpha value is -1.59. The Morgan fingerprint density at radius 1 is 1.27 bits per heavy atom. The van der Waals surface area contributed by atoms with Gasteiger partial charge in [-0.1, -0.05) is 29.4 Å². The summed E-state index contributed by atoms with van der Waals surface area (Å²) in [4.78, 5) is 20.9. The first-order valence-corrected chi connectivity index (χ1v) is 8.53. The predicted octanol–water partition coefficient (Wildman–Crippen LogP) is 4.04. The van der Waals surface area contributed by atoms with Gasteiger partial charge in [-0.2, -0.15) is 0 Å². The molecule has 0 fully saturated rings. The fraction of sp³-hybridized carbons (Fsp3) is 0.312. The van der Waals surface area contributed by atoms with Gasteiger partial charge in [0.15, 0.2) is 5.16 Å². The number of carbonyl (C=O) groups is 1. The van der Waals surface area contributed by atoms with Gasteiger partial charge in [0.2, 0.25) is 5.91 Å². The largest absolute Gasteiger partial charge is 0.326 e. The van der Waals surface area contributed by atoms with Crippen LogP contribution in [-0.4, -0.2) is 22.1 Å². The van der Waals surface area contributed by atoms with Gasteiger partial charge >= 0.3 is 0 Å². The number of aryl methyl sites for hydroxylation is 2. The number of hydrogen-bond acceptors (Lipinski definition) is 4. The first-order valence-electron chi connectivity index (χ1n) is 6.93. The molecular formula is C16H18ClN3OS. The van der Waals surface area contributed by atoms with Crippen molar-refractivity contribution in [1.82, 2.24) is 9.97 Å². The molecule has 6 heteroatoms. The van der Waals surface area contributed by atoms with E-state index in [0.717, 1.165) is 22.1 Å². The van der Waals surface area contributed by atoms with Crippen molar-refractivity contribution in [1.29, 1.82) is 0 Å². The molecule has 0 radical (unpaired) electrons. The molecule has 0 saturated carbocycles. The quantitative estimate of drug-likeness (QED) is 0.661. The topological polar surface area (TPSA) is 54.9 Å². The smallest absolute Gasteiger partial charge is 0.224 e. The molecule has 1 amide bonds. The highest BCUT2D eigenvalue weighted by atomic mass is 35.5. The van der Waals surface area contributed by atoms with Crippen molar-refractivity contribution in [3.63, 3.8) is 0 Å². The molecular weight excluding hydrogens is 318 g/mol. The number of benzene rings is 1. The number of nitrogens with one attached hydrogen (secondary N) is 1. The number of carbonyl (C=O) groups excluding carboxylic acids is 1. The van der Waals surface area contributed by atoms with Crippen LogP contribution in [0.2, 0.25) is 5.02 Å². The lowest BCUT2D eigenvalue weighted by Crippen LogP contribution is -2.13. The maximum Gasteiger partial charge on any atom is 0.224 e. The van der Waals surface area contributed by atoms with E-state index in [2.05, 4.69) is 15.3 Å². The summed E-state index contributed by atoms with van der Waals surface area (Å²) in [7, 11) is 0. The van der Waals surface area contributed by atoms with Gasteiger partial charge in [0, 0.05) is 28.5 Å². The molecule has 0 bridgehead atoms. The highest BCUT2D eigenvalue weighted by molar-refractivity contribution is 7.98. The van der Waals surface area contributed by atoms with Gasteiger partial charge in [-0.3, -0.25) is 4.79 Å². The minimum Gasteiger partial charge on any atom is -0.326 e. The number of anilines is 1. The van der Waals surface area contributed by atoms with E-state index >= 15 is 0 Å². The summed E-state index contributed by atoms with van der Waals surface area (Å²) in [5.41, 5.74) is 3.62. The molecule has 1 aromatic carbocycles. The fourth-order valence-corrected chi connectivity index (χ4v) is 2.84. The van der Waals surface area contributed by atoms with E-state index in [1.165, 1.54) is 11.8 Å². The van der Waals surface area contributed by atoms with E-state index in [4.69, 9.17) is 11.6 Å². The fourth-order valence-electron chi connectivity index (χ4n) is 2.19. The molecule has 0 atom stereocenters. The molecule has 0 spiro atoms. The van der Waals surface area contributed by atoms with Crippen molar-refractivity contribution in [3.05, 3.63) is 46.2 Å².